The number of likely N-dealkylation sites (tertiary alicyclic amines) is 1. The molecule has 1 heterocycles. The molecule has 28 heavy (non-hydrogen) atoms. The topological polar surface area (TPSA) is 41.6 Å². The van der Waals surface area contributed by atoms with Gasteiger partial charge < -0.3 is 15.0 Å². The summed E-state index contributed by atoms with van der Waals surface area (Å²) in [4.78, 5) is 14.3. The van der Waals surface area contributed by atoms with E-state index in [1.54, 1.807) is 23.1 Å². The summed E-state index contributed by atoms with van der Waals surface area (Å²) >= 11 is 0. The molecule has 1 N–H and O–H groups in total. The van der Waals surface area contributed by atoms with Crippen molar-refractivity contribution in [2.45, 2.75) is 37.8 Å². The lowest BCUT2D eigenvalue weighted by atomic mass is 10.0. The Morgan fingerprint density at radius 2 is 1.86 bits per heavy atom. The highest BCUT2D eigenvalue weighted by Gasteiger charge is 2.31. The molecule has 2 aromatic rings. The molecule has 1 aliphatic heterocycles. The van der Waals surface area contributed by atoms with Crippen molar-refractivity contribution in [3.63, 3.8) is 0 Å². The van der Waals surface area contributed by atoms with E-state index in [-0.39, 0.29) is 29.4 Å². The van der Waals surface area contributed by atoms with Crippen LogP contribution in [0.3, 0.4) is 0 Å². The minimum atomic E-state index is -0.479. The van der Waals surface area contributed by atoms with Crippen LogP contribution in [0.15, 0.2) is 36.4 Å². The van der Waals surface area contributed by atoms with Gasteiger partial charge >= 0.3 is 0 Å². The molecule has 4 rings (SSSR count). The van der Waals surface area contributed by atoms with Crippen LogP contribution in [0.4, 0.5) is 8.78 Å². The first kappa shape index (κ1) is 18.9. The number of rotatable bonds is 4. The van der Waals surface area contributed by atoms with Crippen molar-refractivity contribution < 1.29 is 18.3 Å². The van der Waals surface area contributed by atoms with Crippen LogP contribution in [0.1, 0.15) is 46.8 Å². The molecule has 1 unspecified atom stereocenters. The average molecular weight is 386 g/mol. The molecular formula is C22H24F2N2O2. The van der Waals surface area contributed by atoms with Crippen LogP contribution in [0.25, 0.3) is 0 Å². The molecular weight excluding hydrogens is 362 g/mol. The highest BCUT2D eigenvalue weighted by molar-refractivity contribution is 5.94. The minimum Gasteiger partial charge on any atom is -0.494 e. The summed E-state index contributed by atoms with van der Waals surface area (Å²) in [7, 11) is 1.48. The summed E-state index contributed by atoms with van der Waals surface area (Å²) in [5.74, 6) is -0.696. The van der Waals surface area contributed by atoms with Gasteiger partial charge in [-0.3, -0.25) is 4.79 Å². The van der Waals surface area contributed by atoms with Crippen LogP contribution in [-0.4, -0.2) is 37.0 Å². The van der Waals surface area contributed by atoms with E-state index in [0.717, 1.165) is 30.4 Å². The molecule has 1 aliphatic carbocycles. The van der Waals surface area contributed by atoms with Crippen LogP contribution < -0.4 is 10.1 Å². The predicted octanol–water partition coefficient (Wildman–Crippen LogP) is 3.86. The highest BCUT2D eigenvalue weighted by atomic mass is 19.1. The fourth-order valence-electron chi connectivity index (χ4n) is 4.31. The third kappa shape index (κ3) is 3.49. The van der Waals surface area contributed by atoms with Crippen molar-refractivity contribution in [3.8, 4) is 5.75 Å². The monoisotopic (exact) mass is 386 g/mol. The van der Waals surface area contributed by atoms with E-state index < -0.39 is 5.82 Å². The normalized spacial score (nSPS) is 19.5. The van der Waals surface area contributed by atoms with Crippen molar-refractivity contribution in [2.24, 2.45) is 0 Å². The molecule has 1 saturated heterocycles. The summed E-state index contributed by atoms with van der Waals surface area (Å²) in [5, 5.41) is 3.63. The summed E-state index contributed by atoms with van der Waals surface area (Å²) in [6.07, 6.45) is 3.14. The van der Waals surface area contributed by atoms with Crippen LogP contribution in [0, 0.1) is 11.6 Å². The Hall–Kier alpha value is -2.47. The highest BCUT2D eigenvalue weighted by Crippen LogP contribution is 2.37. The van der Waals surface area contributed by atoms with Crippen molar-refractivity contribution in [1.29, 1.82) is 0 Å². The lowest BCUT2D eigenvalue weighted by Gasteiger charge is -2.34. The number of ether oxygens (including phenoxy) is 1. The molecule has 1 fully saturated rings. The molecule has 0 radical (unpaired) electrons. The lowest BCUT2D eigenvalue weighted by Crippen LogP contribution is -2.45. The second-order valence-electron chi connectivity index (χ2n) is 7.45. The molecule has 4 nitrogen and oxygen atoms in total. The maximum absolute atomic E-state index is 14.4. The molecule has 0 bridgehead atoms. The van der Waals surface area contributed by atoms with Crippen molar-refractivity contribution in [1.82, 2.24) is 10.2 Å². The van der Waals surface area contributed by atoms with Gasteiger partial charge in [-0.25, -0.2) is 8.78 Å². The molecule has 0 aromatic heterocycles. The van der Waals surface area contributed by atoms with Gasteiger partial charge in [0.1, 0.15) is 5.82 Å². The van der Waals surface area contributed by atoms with E-state index in [1.165, 1.54) is 19.2 Å². The Kier molecular flexibility index (Phi) is 5.31. The molecule has 6 heteroatoms. The van der Waals surface area contributed by atoms with Crippen LogP contribution in [0.5, 0.6) is 5.75 Å². The first-order valence-electron chi connectivity index (χ1n) is 9.73. The maximum atomic E-state index is 14.4. The van der Waals surface area contributed by atoms with Gasteiger partial charge in [0.15, 0.2) is 11.6 Å². The summed E-state index contributed by atoms with van der Waals surface area (Å²) in [5.41, 5.74) is 1.87. The van der Waals surface area contributed by atoms with Crippen molar-refractivity contribution >= 4 is 5.91 Å². The summed E-state index contributed by atoms with van der Waals surface area (Å²) in [6.45, 7) is 1.17. The third-order valence-electron chi connectivity index (χ3n) is 5.85. The first-order chi connectivity index (χ1) is 13.6. The van der Waals surface area contributed by atoms with Crippen molar-refractivity contribution in [2.75, 3.05) is 20.2 Å². The van der Waals surface area contributed by atoms with E-state index in [1.807, 2.05) is 6.07 Å². The van der Waals surface area contributed by atoms with Gasteiger partial charge in [0.05, 0.1) is 12.7 Å². The zero-order valence-corrected chi connectivity index (χ0v) is 15.9. The van der Waals surface area contributed by atoms with Gasteiger partial charge in [0.2, 0.25) is 0 Å². The van der Waals surface area contributed by atoms with E-state index in [2.05, 4.69) is 5.32 Å². The molecule has 0 spiro atoms. The summed E-state index contributed by atoms with van der Waals surface area (Å²) in [6, 6.07) is 10.1. The predicted molar refractivity (Wildman–Crippen MR) is 102 cm³/mol. The Morgan fingerprint density at radius 3 is 2.57 bits per heavy atom. The number of halogens is 2. The largest absolute Gasteiger partial charge is 0.494 e. The Labute approximate surface area is 163 Å². The first-order valence-corrected chi connectivity index (χ1v) is 9.73. The van der Waals surface area contributed by atoms with Crippen LogP contribution in [-0.2, 0) is 6.42 Å². The maximum Gasteiger partial charge on any atom is 0.256 e. The zero-order chi connectivity index (χ0) is 19.7. The number of methoxy groups -OCH3 is 1. The van der Waals surface area contributed by atoms with E-state index in [4.69, 9.17) is 4.74 Å². The molecule has 1 atom stereocenters. The van der Waals surface area contributed by atoms with Crippen LogP contribution >= 0.6 is 0 Å². The van der Waals surface area contributed by atoms with Gasteiger partial charge in [-0.1, -0.05) is 18.2 Å². The molecule has 0 saturated carbocycles. The number of nitrogens with one attached hydrogen (secondary N) is 1. The summed E-state index contributed by atoms with van der Waals surface area (Å²) < 4.78 is 33.4. The number of hydrogen-bond acceptors (Lipinski definition) is 3. The van der Waals surface area contributed by atoms with E-state index >= 15 is 0 Å². The second kappa shape index (κ2) is 7.87. The minimum absolute atomic E-state index is 0.120. The number of fused-ring (bicyclic) bond motifs is 1. The number of benzene rings is 2. The average Bonchev–Trinajstić information content (AvgIpc) is 3.12. The Morgan fingerprint density at radius 1 is 1.11 bits per heavy atom. The smallest absolute Gasteiger partial charge is 0.256 e. The number of carbonyl (C=O) groups excluding carboxylic acids is 1. The number of piperidine rings is 1. The number of amides is 1. The van der Waals surface area contributed by atoms with E-state index in [0.29, 0.717) is 25.3 Å². The quantitative estimate of drug-likeness (QED) is 0.868. The SMILES string of the molecule is COc1ccc2c(c1F)CCC2NC1CCN(C(=O)c2ccccc2F)CC1. The van der Waals surface area contributed by atoms with Crippen molar-refractivity contribution in [3.05, 3.63) is 64.7 Å². The van der Waals surface area contributed by atoms with Gasteiger partial charge in [0.25, 0.3) is 5.91 Å². The lowest BCUT2D eigenvalue weighted by molar-refractivity contribution is 0.0697. The molecule has 2 aliphatic rings. The second-order valence-corrected chi connectivity index (χ2v) is 7.45. The van der Waals surface area contributed by atoms with Gasteiger partial charge in [0, 0.05) is 25.2 Å². The fraction of sp³-hybridized carbons (Fsp3) is 0.409. The molecule has 148 valence electrons. The number of hydrogen-bond donors (Lipinski definition) is 1. The number of carbonyl (C=O) groups is 1. The molecule has 2 aromatic carbocycles. The van der Waals surface area contributed by atoms with Gasteiger partial charge in [-0.15, -0.1) is 0 Å². The third-order valence-corrected chi connectivity index (χ3v) is 5.85. The van der Waals surface area contributed by atoms with Crippen LogP contribution in [0.2, 0.25) is 0 Å². The fourth-order valence-corrected chi connectivity index (χ4v) is 4.31. The Balaban J connectivity index is 1.37. The molecule has 1 amide bonds. The van der Waals surface area contributed by atoms with E-state index in [9.17, 15) is 13.6 Å². The standard InChI is InChI=1S/C22H24F2N2O2/c1-28-20-9-7-15-16(21(20)24)6-8-19(15)25-14-10-12-26(13-11-14)22(27)17-4-2-3-5-18(17)23/h2-5,7,9,14,19,25H,6,8,10-13H2,1H3. The van der Waals surface area contributed by atoms with Gasteiger partial charge in [-0.2, -0.15) is 0 Å². The zero-order valence-electron chi connectivity index (χ0n) is 15.9. The number of nitrogens with zero attached hydrogens (tertiary/aromatic N) is 1. The van der Waals surface area contributed by atoms with Gasteiger partial charge in [-0.05, 0) is 55.0 Å². The Bertz CT molecular complexity index is 879.